The van der Waals surface area contributed by atoms with Gasteiger partial charge in [-0.15, -0.1) is 22.7 Å². The van der Waals surface area contributed by atoms with E-state index in [0.717, 1.165) is 15.0 Å². The first-order valence-electron chi connectivity index (χ1n) is 12.7. The van der Waals surface area contributed by atoms with Gasteiger partial charge in [-0.25, -0.2) is 4.39 Å². The molecule has 218 valence electrons. The molecule has 0 aliphatic heterocycles. The lowest BCUT2D eigenvalue weighted by molar-refractivity contribution is -0.141. The Hall–Kier alpha value is -3.90. The predicted octanol–water partition coefficient (Wildman–Crippen LogP) is 6.43. The van der Waals surface area contributed by atoms with Crippen LogP contribution in [0.2, 0.25) is 0 Å². The first kappa shape index (κ1) is 30.1. The Morgan fingerprint density at radius 1 is 0.878 bits per heavy atom. The van der Waals surface area contributed by atoms with Crippen LogP contribution in [0.4, 0.5) is 4.39 Å². The lowest BCUT2D eigenvalue weighted by Crippen LogP contribution is -2.11. The van der Waals surface area contributed by atoms with Crippen LogP contribution in [-0.2, 0) is 16.0 Å². The number of thiophene rings is 2. The minimum absolute atomic E-state index is 0.00431. The van der Waals surface area contributed by atoms with E-state index in [9.17, 15) is 14.4 Å². The summed E-state index contributed by atoms with van der Waals surface area (Å²) in [5.74, 6) is -2.16. The SMILES string of the molecule is COc1cc2sc(C(=O)CCC(=O)O)cc2cc1OCCOc1c(OC)cc2sc(CC[C@H](C)C(=O)O)cc2c1F. The van der Waals surface area contributed by atoms with Crippen molar-refractivity contribution in [2.24, 2.45) is 5.92 Å². The smallest absolute Gasteiger partial charge is 0.306 e. The van der Waals surface area contributed by atoms with Crippen LogP contribution in [0.15, 0.2) is 30.3 Å². The number of hydrogen-bond acceptors (Lipinski definition) is 9. The Morgan fingerprint density at radius 2 is 1.59 bits per heavy atom. The summed E-state index contributed by atoms with van der Waals surface area (Å²) in [6.07, 6.45) is 0.655. The summed E-state index contributed by atoms with van der Waals surface area (Å²) in [6.45, 7) is 1.69. The van der Waals surface area contributed by atoms with Gasteiger partial charge in [-0.3, -0.25) is 14.4 Å². The number of methoxy groups -OCH3 is 2. The second-order valence-electron chi connectivity index (χ2n) is 9.29. The first-order chi connectivity index (χ1) is 19.6. The van der Waals surface area contributed by atoms with E-state index in [0.29, 0.717) is 39.3 Å². The van der Waals surface area contributed by atoms with Gasteiger partial charge in [0.25, 0.3) is 0 Å². The summed E-state index contributed by atoms with van der Waals surface area (Å²) in [6, 6.07) is 8.58. The van der Waals surface area contributed by atoms with Crippen molar-refractivity contribution in [1.82, 2.24) is 0 Å². The third kappa shape index (κ3) is 7.06. The average Bonchev–Trinajstić information content (AvgIpc) is 3.56. The molecule has 2 N–H and O–H groups in total. The van der Waals surface area contributed by atoms with Crippen LogP contribution in [0.3, 0.4) is 0 Å². The van der Waals surface area contributed by atoms with Crippen molar-refractivity contribution in [3.63, 3.8) is 0 Å². The van der Waals surface area contributed by atoms with Gasteiger partial charge >= 0.3 is 11.9 Å². The second kappa shape index (κ2) is 13.2. The number of carboxylic acid groups (broad SMARTS) is 2. The Bertz CT molecular complexity index is 1590. The molecule has 0 spiro atoms. The van der Waals surface area contributed by atoms with E-state index in [1.165, 1.54) is 36.9 Å². The van der Waals surface area contributed by atoms with Gasteiger partial charge in [0.05, 0.1) is 31.4 Å². The zero-order valence-corrected chi connectivity index (χ0v) is 24.3. The van der Waals surface area contributed by atoms with Crippen LogP contribution in [-0.4, -0.2) is 55.4 Å². The van der Waals surface area contributed by atoms with Crippen molar-refractivity contribution in [1.29, 1.82) is 0 Å². The standard InChI is InChI=1S/C29H29FO9S2/c1-15(29(34)35)4-5-17-12-18-24(40-17)14-22(37-3)28(27(18)30)39-9-8-38-21-10-16-11-25(19(31)6-7-26(32)33)41-23(16)13-20(21)36-2/h10-15H,4-9H2,1-3H3,(H,32,33)(H,34,35)/t15-/m0/s1. The molecule has 0 bridgehead atoms. The van der Waals surface area contributed by atoms with Crippen LogP contribution >= 0.6 is 22.7 Å². The van der Waals surface area contributed by atoms with Crippen LogP contribution in [0.25, 0.3) is 20.2 Å². The number of hydrogen-bond donors (Lipinski definition) is 2. The number of halogens is 1. The Kier molecular flexibility index (Phi) is 9.66. The summed E-state index contributed by atoms with van der Waals surface area (Å²) in [5, 5.41) is 19.1. The molecule has 12 heteroatoms. The lowest BCUT2D eigenvalue weighted by Gasteiger charge is -2.14. The van der Waals surface area contributed by atoms with E-state index in [1.54, 1.807) is 37.3 Å². The van der Waals surface area contributed by atoms with Crippen molar-refractivity contribution in [2.75, 3.05) is 27.4 Å². The highest BCUT2D eigenvalue weighted by Crippen LogP contribution is 2.41. The van der Waals surface area contributed by atoms with Crippen molar-refractivity contribution < 1.29 is 47.9 Å². The zero-order chi connectivity index (χ0) is 29.7. The fourth-order valence-electron chi connectivity index (χ4n) is 4.14. The van der Waals surface area contributed by atoms with Gasteiger partial charge in [-0.2, -0.15) is 0 Å². The van der Waals surface area contributed by atoms with E-state index in [1.807, 2.05) is 0 Å². The Balaban J connectivity index is 1.44. The van der Waals surface area contributed by atoms with Gasteiger partial charge in [-0.1, -0.05) is 6.92 Å². The molecule has 2 aromatic carbocycles. The third-order valence-corrected chi connectivity index (χ3v) is 8.71. The largest absolute Gasteiger partial charge is 0.493 e. The number of Topliss-reactive ketones (excluding diaryl/α,β-unsaturated/α-hetero) is 1. The monoisotopic (exact) mass is 604 g/mol. The van der Waals surface area contributed by atoms with Gasteiger partial charge < -0.3 is 29.2 Å². The Labute approximate surface area is 243 Å². The topological polar surface area (TPSA) is 129 Å². The number of carbonyl (C=O) groups excluding carboxylic acids is 1. The molecule has 4 rings (SSSR count). The van der Waals surface area contributed by atoms with E-state index in [2.05, 4.69) is 0 Å². The van der Waals surface area contributed by atoms with Gasteiger partial charge in [0.2, 0.25) is 0 Å². The minimum Gasteiger partial charge on any atom is -0.493 e. The normalized spacial score (nSPS) is 11.9. The number of ketones is 1. The highest BCUT2D eigenvalue weighted by Gasteiger charge is 2.20. The van der Waals surface area contributed by atoms with E-state index < -0.39 is 23.7 Å². The number of fused-ring (bicyclic) bond motifs is 2. The van der Waals surface area contributed by atoms with Gasteiger partial charge in [0, 0.05) is 38.2 Å². The molecule has 0 fully saturated rings. The van der Waals surface area contributed by atoms with Crippen LogP contribution in [0.1, 0.15) is 40.7 Å². The molecule has 0 aliphatic carbocycles. The maximum absolute atomic E-state index is 15.5. The average molecular weight is 605 g/mol. The molecular formula is C29H29FO9S2. The van der Waals surface area contributed by atoms with Crippen molar-refractivity contribution >= 4 is 60.6 Å². The number of ether oxygens (including phenoxy) is 4. The molecule has 0 saturated carbocycles. The maximum atomic E-state index is 15.5. The fraction of sp³-hybridized carbons (Fsp3) is 0.345. The maximum Gasteiger partial charge on any atom is 0.306 e. The highest BCUT2D eigenvalue weighted by molar-refractivity contribution is 7.21. The molecule has 2 heterocycles. The van der Waals surface area contributed by atoms with Crippen molar-refractivity contribution in [3.05, 3.63) is 45.9 Å². The van der Waals surface area contributed by atoms with Crippen LogP contribution in [0.5, 0.6) is 23.0 Å². The first-order valence-corrected chi connectivity index (χ1v) is 14.4. The number of carboxylic acids is 2. The number of benzene rings is 2. The summed E-state index contributed by atoms with van der Waals surface area (Å²) < 4.78 is 39.3. The van der Waals surface area contributed by atoms with Crippen LogP contribution in [0, 0.1) is 11.7 Å². The van der Waals surface area contributed by atoms with Gasteiger partial charge in [0.1, 0.15) is 13.2 Å². The van der Waals surface area contributed by atoms with Crippen molar-refractivity contribution in [3.8, 4) is 23.0 Å². The predicted molar refractivity (Wildman–Crippen MR) is 154 cm³/mol. The van der Waals surface area contributed by atoms with Crippen molar-refractivity contribution in [2.45, 2.75) is 32.6 Å². The molecule has 2 aromatic heterocycles. The summed E-state index contributed by atoms with van der Waals surface area (Å²) in [7, 11) is 2.92. The zero-order valence-electron chi connectivity index (χ0n) is 22.7. The minimum atomic E-state index is -1.03. The van der Waals surface area contributed by atoms with Gasteiger partial charge in [0.15, 0.2) is 34.6 Å². The Morgan fingerprint density at radius 3 is 2.27 bits per heavy atom. The number of aryl methyl sites for hydroxylation is 1. The highest BCUT2D eigenvalue weighted by atomic mass is 32.1. The summed E-state index contributed by atoms with van der Waals surface area (Å²) >= 11 is 2.64. The van der Waals surface area contributed by atoms with Crippen LogP contribution < -0.4 is 18.9 Å². The molecule has 0 amide bonds. The molecule has 4 aromatic rings. The fourth-order valence-corrected chi connectivity index (χ4v) is 6.28. The summed E-state index contributed by atoms with van der Waals surface area (Å²) in [4.78, 5) is 35.6. The van der Waals surface area contributed by atoms with E-state index in [4.69, 9.17) is 29.2 Å². The molecule has 1 atom stereocenters. The molecule has 0 unspecified atom stereocenters. The van der Waals surface area contributed by atoms with E-state index >= 15 is 4.39 Å². The third-order valence-electron chi connectivity index (χ3n) is 6.43. The molecule has 41 heavy (non-hydrogen) atoms. The molecule has 0 saturated heterocycles. The second-order valence-corrected chi connectivity index (χ2v) is 11.5. The molecule has 0 radical (unpaired) electrons. The summed E-state index contributed by atoms with van der Waals surface area (Å²) in [5.41, 5.74) is 0. The quantitative estimate of drug-likeness (QED) is 0.116. The van der Waals surface area contributed by atoms with E-state index in [-0.39, 0.29) is 43.3 Å². The van der Waals surface area contributed by atoms with Gasteiger partial charge in [-0.05, 0) is 36.4 Å². The lowest BCUT2D eigenvalue weighted by atomic mass is 10.1. The number of rotatable bonds is 15. The molecule has 9 nitrogen and oxygen atoms in total. The number of aliphatic carboxylic acids is 2. The number of carbonyl (C=O) groups is 3. The molecular weight excluding hydrogens is 575 g/mol. The molecule has 0 aliphatic rings.